The average molecular weight is 261 g/mol. The number of nitrogens with two attached hydrogens (primary N) is 1. The van der Waals surface area contributed by atoms with E-state index in [1.165, 1.54) is 5.56 Å². The highest BCUT2D eigenvalue weighted by molar-refractivity contribution is 5.87. The van der Waals surface area contributed by atoms with Gasteiger partial charge in [-0.1, -0.05) is 17.7 Å². The summed E-state index contributed by atoms with van der Waals surface area (Å²) in [5.74, 6) is 0.0744. The molecule has 0 aliphatic carbocycles. The van der Waals surface area contributed by atoms with Crippen LogP contribution in [0.5, 0.6) is 0 Å². The number of carbonyl (C=O) groups excluding carboxylic acids is 1. The molecule has 1 saturated heterocycles. The van der Waals surface area contributed by atoms with Gasteiger partial charge >= 0.3 is 0 Å². The number of benzene rings is 1. The maximum atomic E-state index is 12.1. The first-order valence-electron chi connectivity index (χ1n) is 6.79. The van der Waals surface area contributed by atoms with Crippen molar-refractivity contribution >= 4 is 11.6 Å². The number of piperazine rings is 1. The molecule has 0 aromatic heterocycles. The molecule has 19 heavy (non-hydrogen) atoms. The van der Waals surface area contributed by atoms with Crippen LogP contribution in [0.2, 0.25) is 0 Å². The average Bonchev–Trinajstić information content (AvgIpc) is 2.36. The van der Waals surface area contributed by atoms with Gasteiger partial charge in [0.1, 0.15) is 6.04 Å². The van der Waals surface area contributed by atoms with E-state index in [1.807, 2.05) is 0 Å². The number of carbonyl (C=O) groups is 1. The minimum atomic E-state index is -0.184. The second-order valence-corrected chi connectivity index (χ2v) is 5.83. The van der Waals surface area contributed by atoms with Gasteiger partial charge in [0.05, 0.1) is 5.54 Å². The largest absolute Gasteiger partial charge is 0.353 e. The van der Waals surface area contributed by atoms with Gasteiger partial charge in [-0.05, 0) is 45.9 Å². The van der Waals surface area contributed by atoms with Crippen LogP contribution in [0.25, 0.3) is 0 Å². The van der Waals surface area contributed by atoms with Crippen molar-refractivity contribution < 1.29 is 4.79 Å². The lowest BCUT2D eigenvalue weighted by molar-refractivity contribution is -0.124. The van der Waals surface area contributed by atoms with Crippen LogP contribution in [-0.2, 0) is 4.79 Å². The van der Waals surface area contributed by atoms with Crippen LogP contribution in [0.4, 0.5) is 5.69 Å². The zero-order valence-corrected chi connectivity index (χ0v) is 11.9. The first-order valence-corrected chi connectivity index (χ1v) is 6.79. The van der Waals surface area contributed by atoms with Gasteiger partial charge in [0.25, 0.3) is 0 Å². The molecule has 0 spiro atoms. The number of amides is 1. The highest BCUT2D eigenvalue weighted by Gasteiger charge is 2.40. The predicted molar refractivity (Wildman–Crippen MR) is 78.2 cm³/mol. The van der Waals surface area contributed by atoms with Gasteiger partial charge < -0.3 is 16.0 Å². The fourth-order valence-electron chi connectivity index (χ4n) is 2.70. The van der Waals surface area contributed by atoms with Crippen LogP contribution in [-0.4, -0.2) is 30.6 Å². The third kappa shape index (κ3) is 2.73. The van der Waals surface area contributed by atoms with Gasteiger partial charge in [0, 0.05) is 12.2 Å². The van der Waals surface area contributed by atoms with Gasteiger partial charge in [-0.15, -0.1) is 0 Å². The van der Waals surface area contributed by atoms with Gasteiger partial charge in [-0.25, -0.2) is 0 Å². The van der Waals surface area contributed by atoms with Crippen LogP contribution in [0.1, 0.15) is 25.8 Å². The standard InChI is InChI=1S/C15H23N3O/c1-11-4-6-12(7-5-11)18-13(8-9-16)14(19)17-10-15(18,2)3/h4-7,13H,8-10,16H2,1-3H3,(H,17,19). The maximum absolute atomic E-state index is 12.1. The van der Waals surface area contributed by atoms with Crippen molar-refractivity contribution in [3.8, 4) is 0 Å². The second-order valence-electron chi connectivity index (χ2n) is 5.83. The quantitative estimate of drug-likeness (QED) is 0.865. The Balaban J connectivity index is 2.39. The van der Waals surface area contributed by atoms with Crippen LogP contribution >= 0.6 is 0 Å². The highest BCUT2D eigenvalue weighted by atomic mass is 16.2. The molecule has 1 aromatic rings. The number of hydrogen-bond acceptors (Lipinski definition) is 3. The molecule has 0 radical (unpaired) electrons. The van der Waals surface area contributed by atoms with E-state index in [4.69, 9.17) is 5.73 Å². The molecule has 3 N–H and O–H groups in total. The van der Waals surface area contributed by atoms with E-state index >= 15 is 0 Å². The summed E-state index contributed by atoms with van der Waals surface area (Å²) in [5, 5.41) is 2.98. The normalized spacial score (nSPS) is 22.2. The van der Waals surface area contributed by atoms with Gasteiger partial charge in [-0.3, -0.25) is 4.79 Å². The number of nitrogens with zero attached hydrogens (tertiary/aromatic N) is 1. The van der Waals surface area contributed by atoms with Crippen LogP contribution in [0, 0.1) is 6.92 Å². The molecule has 0 saturated carbocycles. The van der Waals surface area contributed by atoms with Crippen molar-refractivity contribution in [3.05, 3.63) is 29.8 Å². The predicted octanol–water partition coefficient (Wildman–Crippen LogP) is 1.43. The molecular weight excluding hydrogens is 238 g/mol. The third-order valence-electron chi connectivity index (χ3n) is 3.71. The van der Waals surface area contributed by atoms with E-state index < -0.39 is 0 Å². The molecule has 2 rings (SSSR count). The van der Waals surface area contributed by atoms with Crippen molar-refractivity contribution in [2.24, 2.45) is 5.73 Å². The topological polar surface area (TPSA) is 58.4 Å². The van der Waals surface area contributed by atoms with Gasteiger partial charge in [0.15, 0.2) is 0 Å². The molecule has 4 heteroatoms. The van der Waals surface area contributed by atoms with Gasteiger partial charge in [0.2, 0.25) is 5.91 Å². The molecule has 1 aliphatic rings. The minimum absolute atomic E-state index is 0.0744. The van der Waals surface area contributed by atoms with Gasteiger partial charge in [-0.2, -0.15) is 0 Å². The summed E-state index contributed by atoms with van der Waals surface area (Å²) < 4.78 is 0. The Bertz CT molecular complexity index is 453. The summed E-state index contributed by atoms with van der Waals surface area (Å²) in [4.78, 5) is 14.3. The lowest BCUT2D eigenvalue weighted by Gasteiger charge is -2.48. The second kappa shape index (κ2) is 5.21. The van der Waals surface area contributed by atoms with Crippen molar-refractivity contribution in [1.29, 1.82) is 0 Å². The highest BCUT2D eigenvalue weighted by Crippen LogP contribution is 2.30. The van der Waals surface area contributed by atoms with Crippen molar-refractivity contribution in [2.45, 2.75) is 38.8 Å². The molecular formula is C15H23N3O. The summed E-state index contributed by atoms with van der Waals surface area (Å²) in [6, 6.07) is 8.14. The number of nitrogens with one attached hydrogen (secondary N) is 1. The zero-order valence-electron chi connectivity index (χ0n) is 11.9. The molecule has 1 aliphatic heterocycles. The fourth-order valence-corrected chi connectivity index (χ4v) is 2.70. The SMILES string of the molecule is Cc1ccc(N2C(CCN)C(=O)NCC2(C)C)cc1. The number of anilines is 1. The molecule has 1 heterocycles. The summed E-state index contributed by atoms with van der Waals surface area (Å²) in [5.41, 5.74) is 7.87. The molecule has 0 bridgehead atoms. The smallest absolute Gasteiger partial charge is 0.242 e. The fraction of sp³-hybridized carbons (Fsp3) is 0.533. The summed E-state index contributed by atoms with van der Waals surface area (Å²) >= 11 is 0. The molecule has 104 valence electrons. The van der Waals surface area contributed by atoms with Crippen molar-refractivity contribution in [1.82, 2.24) is 5.32 Å². The minimum Gasteiger partial charge on any atom is -0.353 e. The molecule has 1 aromatic carbocycles. The Labute approximate surface area is 115 Å². The molecule has 1 atom stereocenters. The molecule has 1 amide bonds. The Morgan fingerprint density at radius 3 is 2.58 bits per heavy atom. The first kappa shape index (κ1) is 13.9. The van der Waals surface area contributed by atoms with E-state index in [2.05, 4.69) is 55.3 Å². The van der Waals surface area contributed by atoms with E-state index in [0.29, 0.717) is 19.5 Å². The van der Waals surface area contributed by atoms with E-state index in [0.717, 1.165) is 5.69 Å². The van der Waals surface area contributed by atoms with E-state index in [-0.39, 0.29) is 17.5 Å². The van der Waals surface area contributed by atoms with Crippen molar-refractivity contribution in [3.63, 3.8) is 0 Å². The Hall–Kier alpha value is -1.55. The lowest BCUT2D eigenvalue weighted by Crippen LogP contribution is -2.66. The molecule has 1 unspecified atom stereocenters. The van der Waals surface area contributed by atoms with Crippen molar-refractivity contribution in [2.75, 3.05) is 18.0 Å². The third-order valence-corrected chi connectivity index (χ3v) is 3.71. The zero-order chi connectivity index (χ0) is 14.0. The Morgan fingerprint density at radius 2 is 2.00 bits per heavy atom. The summed E-state index contributed by atoms with van der Waals surface area (Å²) in [6.07, 6.45) is 0.670. The Kier molecular flexibility index (Phi) is 3.80. The maximum Gasteiger partial charge on any atom is 0.242 e. The first-order chi connectivity index (χ1) is 8.95. The molecule has 1 fully saturated rings. The number of hydrogen-bond donors (Lipinski definition) is 2. The monoisotopic (exact) mass is 261 g/mol. The van der Waals surface area contributed by atoms with Crippen LogP contribution in [0.15, 0.2) is 24.3 Å². The van der Waals surface area contributed by atoms with E-state index in [1.54, 1.807) is 0 Å². The Morgan fingerprint density at radius 1 is 1.37 bits per heavy atom. The van der Waals surface area contributed by atoms with E-state index in [9.17, 15) is 4.79 Å². The summed E-state index contributed by atoms with van der Waals surface area (Å²) in [6.45, 7) is 7.53. The lowest BCUT2D eigenvalue weighted by atomic mass is 9.93. The number of aryl methyl sites for hydroxylation is 1. The van der Waals surface area contributed by atoms with Crippen LogP contribution in [0.3, 0.4) is 0 Å². The molecule has 4 nitrogen and oxygen atoms in total. The van der Waals surface area contributed by atoms with Crippen LogP contribution < -0.4 is 16.0 Å². The number of rotatable bonds is 3. The summed E-state index contributed by atoms with van der Waals surface area (Å²) in [7, 11) is 0.